The first kappa shape index (κ1) is 9.95. The third kappa shape index (κ3) is 1.27. The van der Waals surface area contributed by atoms with Gasteiger partial charge in [0.25, 0.3) is 11.8 Å². The summed E-state index contributed by atoms with van der Waals surface area (Å²) < 4.78 is 0. The van der Waals surface area contributed by atoms with Crippen molar-refractivity contribution in [3.05, 3.63) is 30.3 Å². The number of nitrogens with zero attached hydrogens (tertiary/aromatic N) is 4. The van der Waals surface area contributed by atoms with Gasteiger partial charge in [0.1, 0.15) is 0 Å². The Morgan fingerprint density at radius 2 is 1.82 bits per heavy atom. The van der Waals surface area contributed by atoms with E-state index < -0.39 is 12.1 Å². The second-order valence-electron chi connectivity index (χ2n) is 4.01. The Labute approximate surface area is 97.5 Å². The fraction of sp³-hybridized carbons (Fsp3) is 0.273. The van der Waals surface area contributed by atoms with Crippen molar-refractivity contribution in [1.29, 1.82) is 0 Å². The highest BCUT2D eigenvalue weighted by Gasteiger charge is 2.53. The molecule has 0 unspecified atom stereocenters. The van der Waals surface area contributed by atoms with Crippen molar-refractivity contribution in [2.75, 3.05) is 12.1 Å². The number of amides is 2. The average Bonchev–Trinajstić information content (AvgIpc) is 2.88. The predicted molar refractivity (Wildman–Crippen MR) is 59.1 cm³/mol. The molecule has 0 radical (unpaired) electrons. The van der Waals surface area contributed by atoms with Gasteiger partial charge in [-0.2, -0.15) is 5.11 Å². The maximum atomic E-state index is 11.9. The number of hydrogen-bond acceptors (Lipinski definition) is 5. The highest BCUT2D eigenvalue weighted by Crippen LogP contribution is 2.31. The number of anilines is 1. The first-order valence-electron chi connectivity index (χ1n) is 5.26. The monoisotopic (exact) mass is 230 g/mol. The van der Waals surface area contributed by atoms with E-state index in [4.69, 9.17) is 0 Å². The van der Waals surface area contributed by atoms with Crippen LogP contribution in [0.15, 0.2) is 40.7 Å². The number of likely N-dealkylation sites (tertiary alicyclic amines) is 1. The summed E-state index contributed by atoms with van der Waals surface area (Å²) >= 11 is 0. The lowest BCUT2D eigenvalue weighted by atomic mass is 10.1. The van der Waals surface area contributed by atoms with E-state index in [9.17, 15) is 9.59 Å². The van der Waals surface area contributed by atoms with E-state index in [0.717, 1.165) is 10.6 Å². The Balaban J connectivity index is 1.99. The van der Waals surface area contributed by atoms with Gasteiger partial charge in [0.2, 0.25) is 0 Å². The summed E-state index contributed by atoms with van der Waals surface area (Å²) in [5, 5.41) is 9.30. The zero-order valence-corrected chi connectivity index (χ0v) is 9.15. The van der Waals surface area contributed by atoms with Crippen LogP contribution in [0.3, 0.4) is 0 Å². The first-order valence-corrected chi connectivity index (χ1v) is 5.26. The summed E-state index contributed by atoms with van der Waals surface area (Å²) in [5.41, 5.74) is 0.764. The van der Waals surface area contributed by atoms with Gasteiger partial charge < -0.3 is 0 Å². The highest BCUT2D eigenvalue weighted by atomic mass is 16.2. The Morgan fingerprint density at radius 1 is 1.12 bits per heavy atom. The molecule has 1 saturated heterocycles. The maximum Gasteiger partial charge on any atom is 0.258 e. The van der Waals surface area contributed by atoms with Gasteiger partial charge in [-0.15, -0.1) is 0 Å². The summed E-state index contributed by atoms with van der Waals surface area (Å²) in [6.07, 6.45) is 0. The number of fused-ring (bicyclic) bond motifs is 1. The number of para-hydroxylation sites is 1. The zero-order chi connectivity index (χ0) is 12.0. The summed E-state index contributed by atoms with van der Waals surface area (Å²) in [6.45, 7) is 0. The van der Waals surface area contributed by atoms with Crippen LogP contribution in [0, 0.1) is 0 Å². The van der Waals surface area contributed by atoms with Crippen LogP contribution in [0.5, 0.6) is 0 Å². The van der Waals surface area contributed by atoms with E-state index >= 15 is 0 Å². The molecule has 1 aromatic rings. The molecule has 2 aliphatic heterocycles. The fourth-order valence-electron chi connectivity index (χ4n) is 2.09. The smallest absolute Gasteiger partial charge is 0.258 e. The second-order valence-corrected chi connectivity index (χ2v) is 4.01. The fourth-order valence-corrected chi connectivity index (χ4v) is 2.09. The van der Waals surface area contributed by atoms with Gasteiger partial charge in [0.05, 0.1) is 5.69 Å². The molecule has 2 aliphatic rings. The lowest BCUT2D eigenvalue weighted by Gasteiger charge is -2.18. The predicted octanol–water partition coefficient (Wildman–Crippen LogP) is 0.610. The molecule has 0 saturated carbocycles. The molecule has 2 atom stereocenters. The van der Waals surface area contributed by atoms with Gasteiger partial charge >= 0.3 is 0 Å². The van der Waals surface area contributed by atoms with Crippen LogP contribution in [0.2, 0.25) is 0 Å². The lowest BCUT2D eigenvalue weighted by Crippen LogP contribution is -2.38. The number of imide groups is 1. The van der Waals surface area contributed by atoms with E-state index in [-0.39, 0.29) is 11.8 Å². The molecule has 2 heterocycles. The van der Waals surface area contributed by atoms with Crippen molar-refractivity contribution >= 4 is 17.5 Å². The number of hydrogen-bond donors (Lipinski definition) is 0. The summed E-state index contributed by atoms with van der Waals surface area (Å²) in [6, 6.07) is 7.94. The highest BCUT2D eigenvalue weighted by molar-refractivity contribution is 6.10. The summed E-state index contributed by atoms with van der Waals surface area (Å²) in [4.78, 5) is 24.7. The van der Waals surface area contributed by atoms with Crippen molar-refractivity contribution in [2.45, 2.75) is 12.1 Å². The Hall–Kier alpha value is -2.24. The van der Waals surface area contributed by atoms with Gasteiger partial charge in [-0.05, 0) is 12.1 Å². The lowest BCUT2D eigenvalue weighted by molar-refractivity contribution is -0.137. The molecule has 0 N–H and O–H groups in total. The summed E-state index contributed by atoms with van der Waals surface area (Å²) in [7, 11) is 1.47. The molecule has 3 rings (SSSR count). The van der Waals surface area contributed by atoms with Crippen molar-refractivity contribution in [2.24, 2.45) is 10.3 Å². The quantitative estimate of drug-likeness (QED) is 0.664. The van der Waals surface area contributed by atoms with Gasteiger partial charge in [-0.3, -0.25) is 14.5 Å². The van der Waals surface area contributed by atoms with Crippen LogP contribution in [0.1, 0.15) is 0 Å². The van der Waals surface area contributed by atoms with Crippen molar-refractivity contribution in [1.82, 2.24) is 4.90 Å². The molecule has 0 bridgehead atoms. The van der Waals surface area contributed by atoms with E-state index in [0.29, 0.717) is 0 Å². The zero-order valence-electron chi connectivity index (χ0n) is 9.15. The second kappa shape index (κ2) is 3.38. The topological polar surface area (TPSA) is 65.3 Å². The van der Waals surface area contributed by atoms with Gasteiger partial charge in [0.15, 0.2) is 12.1 Å². The molecule has 0 aliphatic carbocycles. The van der Waals surface area contributed by atoms with Crippen LogP contribution in [0.25, 0.3) is 0 Å². The van der Waals surface area contributed by atoms with Crippen LogP contribution in [-0.4, -0.2) is 35.8 Å². The SMILES string of the molecule is CN1C(=O)[C@H]2N=NN(c3ccccc3)[C@@H]2C1=O. The minimum Gasteiger partial charge on any atom is -0.282 e. The minimum atomic E-state index is -0.687. The van der Waals surface area contributed by atoms with Crippen molar-refractivity contribution < 1.29 is 9.59 Å². The van der Waals surface area contributed by atoms with Crippen LogP contribution < -0.4 is 5.01 Å². The molecule has 17 heavy (non-hydrogen) atoms. The third-order valence-corrected chi connectivity index (χ3v) is 3.02. The third-order valence-electron chi connectivity index (χ3n) is 3.02. The van der Waals surface area contributed by atoms with Crippen LogP contribution in [-0.2, 0) is 9.59 Å². The number of likely N-dealkylation sites (N-methyl/N-ethyl adjacent to an activating group) is 1. The van der Waals surface area contributed by atoms with Gasteiger partial charge in [-0.25, -0.2) is 5.01 Å². The number of carbonyl (C=O) groups excluding carboxylic acids is 2. The molecule has 6 nitrogen and oxygen atoms in total. The average molecular weight is 230 g/mol. The van der Waals surface area contributed by atoms with E-state index in [1.807, 2.05) is 30.3 Å². The van der Waals surface area contributed by atoms with E-state index in [2.05, 4.69) is 10.3 Å². The first-order chi connectivity index (χ1) is 8.20. The molecular weight excluding hydrogens is 220 g/mol. The normalized spacial score (nSPS) is 26.9. The number of rotatable bonds is 1. The summed E-state index contributed by atoms with van der Waals surface area (Å²) in [5.74, 6) is -0.545. The maximum absolute atomic E-state index is 11.9. The molecule has 0 spiro atoms. The van der Waals surface area contributed by atoms with E-state index in [1.165, 1.54) is 12.1 Å². The molecule has 6 heteroatoms. The molecule has 0 aromatic heterocycles. The molecule has 2 amide bonds. The van der Waals surface area contributed by atoms with Crippen molar-refractivity contribution in [3.8, 4) is 0 Å². The molecule has 86 valence electrons. The molecule has 1 aromatic carbocycles. The standard InChI is InChI=1S/C11H10N4O2/c1-14-10(16)8-9(11(14)17)15(13-12-8)7-5-3-2-4-6-7/h2-6,8-9H,1H3/t8-,9-/m0/s1. The number of benzene rings is 1. The van der Waals surface area contributed by atoms with Gasteiger partial charge in [0, 0.05) is 7.05 Å². The van der Waals surface area contributed by atoms with Gasteiger partial charge in [-0.1, -0.05) is 23.4 Å². The van der Waals surface area contributed by atoms with Crippen LogP contribution >= 0.6 is 0 Å². The molecule has 1 fully saturated rings. The van der Waals surface area contributed by atoms with Crippen LogP contribution in [0.4, 0.5) is 5.69 Å². The Morgan fingerprint density at radius 3 is 2.53 bits per heavy atom. The van der Waals surface area contributed by atoms with Crippen molar-refractivity contribution in [3.63, 3.8) is 0 Å². The van der Waals surface area contributed by atoms with E-state index in [1.54, 1.807) is 0 Å². The largest absolute Gasteiger partial charge is 0.282 e. The molecular formula is C11H10N4O2. The Bertz CT molecular complexity index is 513. The number of carbonyl (C=O) groups is 2. The Kier molecular flexibility index (Phi) is 1.98. The minimum absolute atomic E-state index is 0.256.